The summed E-state index contributed by atoms with van der Waals surface area (Å²) in [6, 6.07) is 6.01. The van der Waals surface area contributed by atoms with Crippen LogP contribution < -0.4 is 9.64 Å². The molecule has 0 saturated carbocycles. The Balaban J connectivity index is 1.86. The SMILES string of the molecule is COc1ccc2[nH]c3c(N4CCN(C)CC4)ncnc3c2c1. The summed E-state index contributed by atoms with van der Waals surface area (Å²) in [5, 5.41) is 1.08. The smallest absolute Gasteiger partial charge is 0.156 e. The lowest BCUT2D eigenvalue weighted by Crippen LogP contribution is -2.44. The van der Waals surface area contributed by atoms with Gasteiger partial charge in [-0.1, -0.05) is 0 Å². The van der Waals surface area contributed by atoms with Gasteiger partial charge in [-0.25, -0.2) is 9.97 Å². The molecule has 4 rings (SSSR count). The van der Waals surface area contributed by atoms with Crippen molar-refractivity contribution in [2.45, 2.75) is 0 Å². The van der Waals surface area contributed by atoms with E-state index in [-0.39, 0.29) is 0 Å². The number of fused-ring (bicyclic) bond motifs is 3. The van der Waals surface area contributed by atoms with Crippen molar-refractivity contribution >= 4 is 27.8 Å². The van der Waals surface area contributed by atoms with Crippen molar-refractivity contribution < 1.29 is 4.74 Å². The number of likely N-dealkylation sites (N-methyl/N-ethyl adjacent to an activating group) is 1. The molecule has 1 fully saturated rings. The number of hydrogen-bond acceptors (Lipinski definition) is 5. The van der Waals surface area contributed by atoms with Gasteiger partial charge in [-0.3, -0.25) is 0 Å². The van der Waals surface area contributed by atoms with Crippen molar-refractivity contribution in [3.8, 4) is 5.75 Å². The molecule has 22 heavy (non-hydrogen) atoms. The third-order valence-electron chi connectivity index (χ3n) is 4.37. The number of aromatic amines is 1. The van der Waals surface area contributed by atoms with E-state index >= 15 is 0 Å². The Labute approximate surface area is 128 Å². The highest BCUT2D eigenvalue weighted by Crippen LogP contribution is 2.31. The standard InChI is InChI=1S/C16H19N5O/c1-20-5-7-21(8-6-20)16-15-14(17-10-18-16)12-9-11(22-2)3-4-13(12)19-15/h3-4,9-10,19H,5-8H2,1-2H3. The average Bonchev–Trinajstić information content (AvgIpc) is 2.93. The summed E-state index contributed by atoms with van der Waals surface area (Å²) >= 11 is 0. The Kier molecular flexibility index (Phi) is 3.11. The number of ether oxygens (including phenoxy) is 1. The molecule has 0 atom stereocenters. The summed E-state index contributed by atoms with van der Waals surface area (Å²) in [7, 11) is 3.84. The van der Waals surface area contributed by atoms with Crippen LogP contribution in [-0.4, -0.2) is 60.2 Å². The number of benzene rings is 1. The molecule has 114 valence electrons. The van der Waals surface area contributed by atoms with Gasteiger partial charge < -0.3 is 19.5 Å². The second-order valence-electron chi connectivity index (χ2n) is 5.75. The van der Waals surface area contributed by atoms with Crippen LogP contribution in [0.5, 0.6) is 5.75 Å². The van der Waals surface area contributed by atoms with Crippen LogP contribution in [0.15, 0.2) is 24.5 Å². The summed E-state index contributed by atoms with van der Waals surface area (Å²) in [6.07, 6.45) is 1.66. The minimum atomic E-state index is 0.841. The first kappa shape index (κ1) is 13.3. The molecule has 2 aromatic heterocycles. The number of piperazine rings is 1. The van der Waals surface area contributed by atoms with Gasteiger partial charge in [-0.05, 0) is 25.2 Å². The zero-order valence-corrected chi connectivity index (χ0v) is 12.8. The highest BCUT2D eigenvalue weighted by atomic mass is 16.5. The summed E-state index contributed by atoms with van der Waals surface area (Å²) in [6.45, 7) is 4.09. The monoisotopic (exact) mass is 297 g/mol. The van der Waals surface area contributed by atoms with Crippen molar-refractivity contribution in [2.75, 3.05) is 45.2 Å². The quantitative estimate of drug-likeness (QED) is 0.782. The highest BCUT2D eigenvalue weighted by molar-refractivity contribution is 6.08. The topological polar surface area (TPSA) is 57.3 Å². The lowest BCUT2D eigenvalue weighted by atomic mass is 10.2. The van der Waals surface area contributed by atoms with Crippen LogP contribution in [0.1, 0.15) is 0 Å². The molecule has 0 spiro atoms. The number of nitrogens with zero attached hydrogens (tertiary/aromatic N) is 4. The Hall–Kier alpha value is -2.34. The van der Waals surface area contributed by atoms with Gasteiger partial charge in [0.15, 0.2) is 5.82 Å². The fourth-order valence-corrected chi connectivity index (χ4v) is 3.04. The van der Waals surface area contributed by atoms with Crippen molar-refractivity contribution in [3.05, 3.63) is 24.5 Å². The van der Waals surface area contributed by atoms with E-state index in [4.69, 9.17) is 4.74 Å². The minimum Gasteiger partial charge on any atom is -0.497 e. The third-order valence-corrected chi connectivity index (χ3v) is 4.37. The van der Waals surface area contributed by atoms with Crippen LogP contribution in [-0.2, 0) is 0 Å². The molecule has 0 amide bonds. The lowest BCUT2D eigenvalue weighted by Gasteiger charge is -2.33. The van der Waals surface area contributed by atoms with E-state index < -0.39 is 0 Å². The van der Waals surface area contributed by atoms with E-state index in [9.17, 15) is 0 Å². The Morgan fingerprint density at radius 3 is 2.73 bits per heavy atom. The lowest BCUT2D eigenvalue weighted by molar-refractivity contribution is 0.312. The molecule has 0 aliphatic carbocycles. The number of anilines is 1. The maximum Gasteiger partial charge on any atom is 0.156 e. The number of nitrogens with one attached hydrogen (secondary N) is 1. The second kappa shape index (κ2) is 5.14. The second-order valence-corrected chi connectivity index (χ2v) is 5.75. The molecule has 0 bridgehead atoms. The predicted octanol–water partition coefficient (Wildman–Crippen LogP) is 1.87. The predicted molar refractivity (Wildman–Crippen MR) is 87.7 cm³/mol. The van der Waals surface area contributed by atoms with Crippen LogP contribution in [0.25, 0.3) is 21.9 Å². The van der Waals surface area contributed by atoms with Crippen LogP contribution in [0, 0.1) is 0 Å². The fraction of sp³-hybridized carbons (Fsp3) is 0.375. The molecule has 1 saturated heterocycles. The molecule has 3 aromatic rings. The highest BCUT2D eigenvalue weighted by Gasteiger charge is 2.19. The van der Waals surface area contributed by atoms with Gasteiger partial charge in [-0.15, -0.1) is 0 Å². The number of H-pyrrole nitrogens is 1. The molecular weight excluding hydrogens is 278 g/mol. The van der Waals surface area contributed by atoms with E-state index in [1.807, 2.05) is 18.2 Å². The molecule has 6 nitrogen and oxygen atoms in total. The number of hydrogen-bond donors (Lipinski definition) is 1. The number of aromatic nitrogens is 3. The Morgan fingerprint density at radius 1 is 1.14 bits per heavy atom. The summed E-state index contributed by atoms with van der Waals surface area (Å²) in [5.41, 5.74) is 3.03. The Bertz CT molecular complexity index is 820. The van der Waals surface area contributed by atoms with E-state index in [0.717, 1.165) is 59.7 Å². The van der Waals surface area contributed by atoms with Crippen molar-refractivity contribution in [1.82, 2.24) is 19.9 Å². The van der Waals surface area contributed by atoms with Gasteiger partial charge in [0.1, 0.15) is 23.1 Å². The fourth-order valence-electron chi connectivity index (χ4n) is 3.04. The van der Waals surface area contributed by atoms with Crippen molar-refractivity contribution in [2.24, 2.45) is 0 Å². The maximum atomic E-state index is 5.33. The largest absolute Gasteiger partial charge is 0.497 e. The van der Waals surface area contributed by atoms with Gasteiger partial charge >= 0.3 is 0 Å². The van der Waals surface area contributed by atoms with E-state index in [0.29, 0.717) is 0 Å². The molecule has 0 unspecified atom stereocenters. The van der Waals surface area contributed by atoms with Gasteiger partial charge in [0.2, 0.25) is 0 Å². The summed E-state index contributed by atoms with van der Waals surface area (Å²) < 4.78 is 5.33. The van der Waals surface area contributed by atoms with Crippen LogP contribution >= 0.6 is 0 Å². The third kappa shape index (κ3) is 2.07. The molecular formula is C16H19N5O. The van der Waals surface area contributed by atoms with E-state index in [2.05, 4.69) is 31.8 Å². The van der Waals surface area contributed by atoms with Gasteiger partial charge in [0.25, 0.3) is 0 Å². The van der Waals surface area contributed by atoms with Crippen LogP contribution in [0.4, 0.5) is 5.82 Å². The molecule has 1 aromatic carbocycles. The molecule has 1 aliphatic rings. The molecule has 3 heterocycles. The number of methoxy groups -OCH3 is 1. The van der Waals surface area contributed by atoms with E-state index in [1.54, 1.807) is 13.4 Å². The minimum absolute atomic E-state index is 0.841. The zero-order chi connectivity index (χ0) is 15.1. The van der Waals surface area contributed by atoms with Crippen molar-refractivity contribution in [3.63, 3.8) is 0 Å². The summed E-state index contributed by atoms with van der Waals surface area (Å²) in [4.78, 5) is 17.1. The van der Waals surface area contributed by atoms with Gasteiger partial charge in [0, 0.05) is 37.1 Å². The van der Waals surface area contributed by atoms with E-state index in [1.165, 1.54) is 0 Å². The average molecular weight is 297 g/mol. The molecule has 1 aliphatic heterocycles. The molecule has 1 N–H and O–H groups in total. The normalized spacial score (nSPS) is 16.5. The zero-order valence-electron chi connectivity index (χ0n) is 12.8. The van der Waals surface area contributed by atoms with Gasteiger partial charge in [-0.2, -0.15) is 0 Å². The molecule has 0 radical (unpaired) electrons. The summed E-state index contributed by atoms with van der Waals surface area (Å²) in [5.74, 6) is 1.83. The Morgan fingerprint density at radius 2 is 1.95 bits per heavy atom. The van der Waals surface area contributed by atoms with Crippen LogP contribution in [0.3, 0.4) is 0 Å². The maximum absolute atomic E-state index is 5.33. The van der Waals surface area contributed by atoms with Gasteiger partial charge in [0.05, 0.1) is 7.11 Å². The first-order valence-electron chi connectivity index (χ1n) is 7.50. The number of rotatable bonds is 2. The van der Waals surface area contributed by atoms with Crippen LogP contribution in [0.2, 0.25) is 0 Å². The first-order chi connectivity index (χ1) is 10.8. The first-order valence-corrected chi connectivity index (χ1v) is 7.50. The van der Waals surface area contributed by atoms with Crippen molar-refractivity contribution in [1.29, 1.82) is 0 Å². The molecule has 6 heteroatoms.